The van der Waals surface area contributed by atoms with Gasteiger partial charge in [-0.25, -0.2) is 0 Å². The van der Waals surface area contributed by atoms with Crippen molar-refractivity contribution in [1.29, 1.82) is 0 Å². The molecule has 1 fully saturated rings. The third-order valence-electron chi connectivity index (χ3n) is 5.08. The zero-order chi connectivity index (χ0) is 18.5. The molecule has 1 atom stereocenters. The molecule has 1 aromatic rings. The van der Waals surface area contributed by atoms with Gasteiger partial charge in [-0.2, -0.15) is 0 Å². The highest BCUT2D eigenvalue weighted by Gasteiger charge is 2.40. The Morgan fingerprint density at radius 1 is 0.962 bits per heavy atom. The molecule has 0 N–H and O–H groups in total. The van der Waals surface area contributed by atoms with E-state index in [0.29, 0.717) is 6.61 Å². The van der Waals surface area contributed by atoms with Crippen molar-refractivity contribution in [3.8, 4) is 5.75 Å². The summed E-state index contributed by atoms with van der Waals surface area (Å²) in [7, 11) is 0. The van der Waals surface area contributed by atoms with Crippen LogP contribution in [0.2, 0.25) is 0 Å². The van der Waals surface area contributed by atoms with Crippen LogP contribution in [0.4, 0.5) is 0 Å². The van der Waals surface area contributed by atoms with Gasteiger partial charge < -0.3 is 9.47 Å². The van der Waals surface area contributed by atoms with Crippen molar-refractivity contribution in [2.75, 3.05) is 13.2 Å². The number of para-hydroxylation sites is 1. The average Bonchev–Trinajstić information content (AvgIpc) is 3.39. The van der Waals surface area contributed by atoms with Crippen LogP contribution in [0.3, 0.4) is 0 Å². The first-order valence-electron chi connectivity index (χ1n) is 10.7. The molecule has 26 heavy (non-hydrogen) atoms. The molecule has 0 aromatic heterocycles. The van der Waals surface area contributed by atoms with E-state index < -0.39 is 0 Å². The monoisotopic (exact) mass is 358 g/mol. The van der Waals surface area contributed by atoms with Crippen molar-refractivity contribution in [2.45, 2.75) is 90.1 Å². The van der Waals surface area contributed by atoms with Crippen LogP contribution in [0, 0.1) is 0 Å². The van der Waals surface area contributed by atoms with E-state index in [1.165, 1.54) is 69.8 Å². The summed E-state index contributed by atoms with van der Waals surface area (Å²) in [5.74, 6) is 1.04. The molecule has 0 spiro atoms. The SMILES string of the molecule is CCC/C=C/CCCCCCCCCc1ccccc1OCC1(C)CO1. The minimum Gasteiger partial charge on any atom is -0.490 e. The molecular formula is C24H38O2. The number of rotatable bonds is 15. The molecule has 1 aliphatic heterocycles. The van der Waals surface area contributed by atoms with E-state index in [0.717, 1.165) is 18.8 Å². The average molecular weight is 359 g/mol. The summed E-state index contributed by atoms with van der Waals surface area (Å²) in [6.45, 7) is 5.83. The summed E-state index contributed by atoms with van der Waals surface area (Å²) in [5, 5.41) is 0. The highest BCUT2D eigenvalue weighted by molar-refractivity contribution is 5.33. The van der Waals surface area contributed by atoms with Gasteiger partial charge in [-0.3, -0.25) is 0 Å². The minimum absolute atomic E-state index is 0.0428. The number of epoxide rings is 1. The first-order valence-corrected chi connectivity index (χ1v) is 10.7. The van der Waals surface area contributed by atoms with Crippen LogP contribution in [0.25, 0.3) is 0 Å². The van der Waals surface area contributed by atoms with Gasteiger partial charge in [0, 0.05) is 0 Å². The number of aryl methyl sites for hydroxylation is 1. The van der Waals surface area contributed by atoms with Gasteiger partial charge in [0.25, 0.3) is 0 Å². The smallest absolute Gasteiger partial charge is 0.123 e. The van der Waals surface area contributed by atoms with Crippen molar-refractivity contribution in [2.24, 2.45) is 0 Å². The molecule has 1 saturated heterocycles. The highest BCUT2D eigenvalue weighted by Crippen LogP contribution is 2.28. The van der Waals surface area contributed by atoms with Crippen LogP contribution in [0.1, 0.15) is 83.6 Å². The predicted octanol–water partition coefficient (Wildman–Crippen LogP) is 6.87. The van der Waals surface area contributed by atoms with E-state index >= 15 is 0 Å². The maximum atomic E-state index is 5.99. The molecule has 0 radical (unpaired) electrons. The normalized spacial score (nSPS) is 19.2. The van der Waals surface area contributed by atoms with Gasteiger partial charge in [0.1, 0.15) is 18.0 Å². The Kier molecular flexibility index (Phi) is 9.84. The van der Waals surface area contributed by atoms with E-state index in [2.05, 4.69) is 50.3 Å². The molecule has 1 aromatic carbocycles. The second kappa shape index (κ2) is 12.2. The number of benzene rings is 1. The van der Waals surface area contributed by atoms with Crippen molar-refractivity contribution >= 4 is 0 Å². The van der Waals surface area contributed by atoms with Crippen molar-refractivity contribution < 1.29 is 9.47 Å². The summed E-state index contributed by atoms with van der Waals surface area (Å²) in [6, 6.07) is 8.48. The molecule has 2 rings (SSSR count). The van der Waals surface area contributed by atoms with Gasteiger partial charge in [-0.15, -0.1) is 0 Å². The lowest BCUT2D eigenvalue weighted by Crippen LogP contribution is -2.17. The van der Waals surface area contributed by atoms with Gasteiger partial charge in [0.15, 0.2) is 0 Å². The molecule has 2 heteroatoms. The van der Waals surface area contributed by atoms with Crippen LogP contribution in [0.5, 0.6) is 5.75 Å². The topological polar surface area (TPSA) is 21.8 Å². The first kappa shape index (κ1) is 21.0. The number of hydrogen-bond acceptors (Lipinski definition) is 2. The minimum atomic E-state index is -0.0428. The lowest BCUT2D eigenvalue weighted by molar-refractivity contribution is 0.201. The standard InChI is InChI=1S/C24H38O2/c1-3-4-5-6-7-8-9-10-11-12-13-14-17-22-18-15-16-19-23(22)25-20-24(2)21-26-24/h5-6,15-16,18-19H,3-4,7-14,17,20-21H2,1-2H3/b6-5+. The summed E-state index contributed by atoms with van der Waals surface area (Å²) >= 11 is 0. The zero-order valence-corrected chi connectivity index (χ0v) is 17.0. The molecule has 146 valence electrons. The quantitative estimate of drug-likeness (QED) is 0.194. The summed E-state index contributed by atoms with van der Waals surface area (Å²) in [4.78, 5) is 0. The van der Waals surface area contributed by atoms with Crippen molar-refractivity contribution in [3.05, 3.63) is 42.0 Å². The molecule has 1 unspecified atom stereocenters. The van der Waals surface area contributed by atoms with Crippen LogP contribution in [0.15, 0.2) is 36.4 Å². The van der Waals surface area contributed by atoms with Crippen LogP contribution in [-0.2, 0) is 11.2 Å². The first-order chi connectivity index (χ1) is 12.7. The fourth-order valence-corrected chi connectivity index (χ4v) is 3.15. The predicted molar refractivity (Wildman–Crippen MR) is 111 cm³/mol. The van der Waals surface area contributed by atoms with Gasteiger partial charge in [0.2, 0.25) is 0 Å². The maximum Gasteiger partial charge on any atom is 0.123 e. The second-order valence-electron chi connectivity index (χ2n) is 7.91. The Labute approximate surface area is 161 Å². The Morgan fingerprint density at radius 3 is 2.35 bits per heavy atom. The summed E-state index contributed by atoms with van der Waals surface area (Å²) < 4.78 is 11.4. The Balaban J connectivity index is 1.49. The van der Waals surface area contributed by atoms with Crippen LogP contribution < -0.4 is 4.74 Å². The van der Waals surface area contributed by atoms with Gasteiger partial charge in [-0.1, -0.05) is 75.8 Å². The Morgan fingerprint density at radius 2 is 1.62 bits per heavy atom. The van der Waals surface area contributed by atoms with Gasteiger partial charge in [-0.05, 0) is 50.7 Å². The lowest BCUT2D eigenvalue weighted by atomic mass is 10.0. The van der Waals surface area contributed by atoms with Gasteiger partial charge in [0.05, 0.1) is 6.61 Å². The molecule has 1 aliphatic rings. The number of allylic oxidation sites excluding steroid dienone is 2. The third kappa shape index (κ3) is 8.89. The molecule has 1 heterocycles. The van der Waals surface area contributed by atoms with Gasteiger partial charge >= 0.3 is 0 Å². The zero-order valence-electron chi connectivity index (χ0n) is 17.0. The largest absolute Gasteiger partial charge is 0.490 e. The fraction of sp³-hybridized carbons (Fsp3) is 0.667. The summed E-state index contributed by atoms with van der Waals surface area (Å²) in [5.41, 5.74) is 1.30. The molecule has 0 bridgehead atoms. The van der Waals surface area contributed by atoms with Crippen molar-refractivity contribution in [1.82, 2.24) is 0 Å². The van der Waals surface area contributed by atoms with E-state index in [1.54, 1.807) is 0 Å². The van der Waals surface area contributed by atoms with E-state index in [-0.39, 0.29) is 5.60 Å². The highest BCUT2D eigenvalue weighted by atomic mass is 16.6. The van der Waals surface area contributed by atoms with Crippen LogP contribution >= 0.6 is 0 Å². The van der Waals surface area contributed by atoms with Crippen molar-refractivity contribution in [3.63, 3.8) is 0 Å². The van der Waals surface area contributed by atoms with E-state index in [1.807, 2.05) is 0 Å². The Bertz CT molecular complexity index is 517. The van der Waals surface area contributed by atoms with E-state index in [4.69, 9.17) is 9.47 Å². The lowest BCUT2D eigenvalue weighted by Gasteiger charge is -2.13. The second-order valence-corrected chi connectivity index (χ2v) is 7.91. The molecular weight excluding hydrogens is 320 g/mol. The Hall–Kier alpha value is -1.28. The maximum absolute atomic E-state index is 5.99. The van der Waals surface area contributed by atoms with E-state index in [9.17, 15) is 0 Å². The van der Waals surface area contributed by atoms with Crippen LogP contribution in [-0.4, -0.2) is 18.8 Å². The number of unbranched alkanes of at least 4 members (excludes halogenated alkanes) is 8. The molecule has 2 nitrogen and oxygen atoms in total. The molecule has 0 aliphatic carbocycles. The summed E-state index contributed by atoms with van der Waals surface area (Å²) in [6.07, 6.45) is 19.0. The molecule has 0 saturated carbocycles. The number of hydrogen-bond donors (Lipinski definition) is 0. The number of ether oxygens (including phenoxy) is 2. The molecule has 0 amide bonds. The fourth-order valence-electron chi connectivity index (χ4n) is 3.15. The third-order valence-corrected chi connectivity index (χ3v) is 5.08.